The van der Waals surface area contributed by atoms with Crippen LogP contribution in [0, 0.1) is 5.92 Å². The van der Waals surface area contributed by atoms with Crippen molar-refractivity contribution in [2.24, 2.45) is 5.92 Å². The Hall–Kier alpha value is -3.57. The first-order valence-electron chi connectivity index (χ1n) is 14.3. The van der Waals surface area contributed by atoms with Crippen LogP contribution < -0.4 is 9.47 Å². The van der Waals surface area contributed by atoms with Crippen LogP contribution in [0.4, 0.5) is 13.2 Å². The molecule has 0 radical (unpaired) electrons. The second-order valence-electron chi connectivity index (χ2n) is 12.2. The molecule has 5 atom stereocenters. The van der Waals surface area contributed by atoms with Gasteiger partial charge in [0.1, 0.15) is 23.5 Å². The number of carbonyl (C=O) groups is 2. The molecular weight excluding hydrogens is 553 g/mol. The van der Waals surface area contributed by atoms with Crippen LogP contribution in [-0.2, 0) is 10.2 Å². The van der Waals surface area contributed by atoms with Crippen LogP contribution in [0.25, 0.3) is 6.08 Å². The lowest BCUT2D eigenvalue weighted by Crippen LogP contribution is -2.79. The standard InChI is InChI=1S/C31H31F3N2O6/c1-35(23(38)10-7-17-3-2-4-19(15-17)42-31(32,33)34)21-11-12-30(40)27-25(39)20-8-9-22(37)26-24(20)29(30,28(21)41-26)13-14-36(27)16-18-5-6-18/h2-4,7-10,15,18,21,27-28,37,40H,5-6,11-14,16H2,1H3/b10-7+/t21?,27-,28?,29+,30-/m1/s1. The van der Waals surface area contributed by atoms with Gasteiger partial charge in [0.2, 0.25) is 5.91 Å². The second-order valence-corrected chi connectivity index (χ2v) is 12.2. The Balaban J connectivity index is 1.21. The molecule has 222 valence electrons. The predicted molar refractivity (Wildman–Crippen MR) is 144 cm³/mol. The predicted octanol–water partition coefficient (Wildman–Crippen LogP) is 4.04. The minimum Gasteiger partial charge on any atom is -0.504 e. The number of ether oxygens (including phenoxy) is 2. The molecule has 7 rings (SSSR count). The number of piperidine rings is 1. The quantitative estimate of drug-likeness (QED) is 0.495. The molecule has 2 bridgehead atoms. The van der Waals surface area contributed by atoms with Crippen molar-refractivity contribution in [3.8, 4) is 17.2 Å². The number of nitrogens with zero attached hydrogens (tertiary/aromatic N) is 2. The van der Waals surface area contributed by atoms with E-state index in [9.17, 15) is 33.0 Å². The number of ketones is 1. The number of likely N-dealkylation sites (N-methyl/N-ethyl adjacent to an activating group) is 1. The van der Waals surface area contributed by atoms with E-state index >= 15 is 0 Å². The van der Waals surface area contributed by atoms with Crippen molar-refractivity contribution in [1.29, 1.82) is 0 Å². The molecule has 11 heteroatoms. The monoisotopic (exact) mass is 584 g/mol. The summed E-state index contributed by atoms with van der Waals surface area (Å²) in [5, 5.41) is 23.3. The van der Waals surface area contributed by atoms with Gasteiger partial charge in [-0.1, -0.05) is 12.1 Å². The van der Waals surface area contributed by atoms with Crippen molar-refractivity contribution in [3.63, 3.8) is 0 Å². The molecule has 1 amide bonds. The van der Waals surface area contributed by atoms with Crippen LogP contribution in [0.1, 0.15) is 53.6 Å². The number of alkyl halides is 3. The molecule has 3 aliphatic carbocycles. The highest BCUT2D eigenvalue weighted by atomic mass is 19.4. The maximum absolute atomic E-state index is 13.9. The first kappa shape index (κ1) is 27.3. The van der Waals surface area contributed by atoms with Gasteiger partial charge in [-0.2, -0.15) is 0 Å². The van der Waals surface area contributed by atoms with E-state index in [4.69, 9.17) is 4.74 Å². The van der Waals surface area contributed by atoms with Gasteiger partial charge in [-0.05, 0) is 73.9 Å². The third-order valence-corrected chi connectivity index (χ3v) is 9.93. The fourth-order valence-electron chi connectivity index (χ4n) is 7.96. The van der Waals surface area contributed by atoms with E-state index in [1.54, 1.807) is 19.2 Å². The fraction of sp³-hybridized carbons (Fsp3) is 0.484. The molecule has 2 aliphatic heterocycles. The number of hydrogen-bond acceptors (Lipinski definition) is 7. The largest absolute Gasteiger partial charge is 0.573 e. The highest BCUT2D eigenvalue weighted by molar-refractivity contribution is 6.06. The summed E-state index contributed by atoms with van der Waals surface area (Å²) < 4.78 is 48.3. The van der Waals surface area contributed by atoms with Gasteiger partial charge >= 0.3 is 6.36 Å². The van der Waals surface area contributed by atoms with E-state index < -0.39 is 47.2 Å². The van der Waals surface area contributed by atoms with Crippen molar-refractivity contribution in [3.05, 3.63) is 59.2 Å². The summed E-state index contributed by atoms with van der Waals surface area (Å²) in [6, 6.07) is 7.18. The van der Waals surface area contributed by atoms with Gasteiger partial charge < -0.3 is 24.6 Å². The third kappa shape index (κ3) is 3.96. The van der Waals surface area contributed by atoms with Crippen molar-refractivity contribution in [2.75, 3.05) is 20.1 Å². The zero-order valence-electron chi connectivity index (χ0n) is 22.9. The van der Waals surface area contributed by atoms with Crippen molar-refractivity contribution < 1.29 is 42.4 Å². The van der Waals surface area contributed by atoms with E-state index in [0.717, 1.165) is 19.4 Å². The fourth-order valence-corrected chi connectivity index (χ4v) is 7.96. The van der Waals surface area contributed by atoms with Gasteiger partial charge in [0.05, 0.1) is 11.5 Å². The molecule has 1 saturated heterocycles. The Morgan fingerprint density at radius 2 is 2.00 bits per heavy atom. The minimum absolute atomic E-state index is 0.111. The molecule has 2 aromatic rings. The van der Waals surface area contributed by atoms with Crippen LogP contribution in [0.2, 0.25) is 0 Å². The maximum Gasteiger partial charge on any atom is 0.573 e. The second kappa shape index (κ2) is 9.21. The lowest BCUT2D eigenvalue weighted by atomic mass is 9.48. The van der Waals surface area contributed by atoms with E-state index in [-0.39, 0.29) is 23.7 Å². The summed E-state index contributed by atoms with van der Waals surface area (Å²) in [5.41, 5.74) is -1.06. The number of carbonyl (C=O) groups excluding carboxylic acids is 2. The summed E-state index contributed by atoms with van der Waals surface area (Å²) >= 11 is 0. The van der Waals surface area contributed by atoms with Crippen LogP contribution in [0.15, 0.2) is 42.5 Å². The van der Waals surface area contributed by atoms with Gasteiger partial charge in [-0.15, -0.1) is 13.2 Å². The number of rotatable bonds is 6. The number of amides is 1. The number of halogens is 3. The summed E-state index contributed by atoms with van der Waals surface area (Å²) in [6.07, 6.45) is 0.524. The molecule has 5 aliphatic rings. The Morgan fingerprint density at radius 3 is 2.74 bits per heavy atom. The number of phenols is 1. The zero-order chi connectivity index (χ0) is 29.6. The van der Waals surface area contributed by atoms with Crippen molar-refractivity contribution >= 4 is 17.8 Å². The Morgan fingerprint density at radius 1 is 1.21 bits per heavy atom. The van der Waals surface area contributed by atoms with Gasteiger partial charge in [0.25, 0.3) is 0 Å². The van der Waals surface area contributed by atoms with Crippen LogP contribution >= 0.6 is 0 Å². The molecule has 2 saturated carbocycles. The average molecular weight is 585 g/mol. The number of phenolic OH excluding ortho intramolecular Hbond substituents is 1. The van der Waals surface area contributed by atoms with E-state index in [1.807, 2.05) is 0 Å². The topological polar surface area (TPSA) is 99.5 Å². The molecule has 2 aromatic carbocycles. The van der Waals surface area contributed by atoms with Crippen LogP contribution in [-0.4, -0.2) is 82.0 Å². The normalized spacial score (nSPS) is 31.5. The van der Waals surface area contributed by atoms with Crippen LogP contribution in [0.5, 0.6) is 17.2 Å². The third-order valence-electron chi connectivity index (χ3n) is 9.93. The highest BCUT2D eigenvalue weighted by Gasteiger charge is 2.75. The van der Waals surface area contributed by atoms with Crippen molar-refractivity contribution in [2.45, 2.75) is 67.7 Å². The maximum atomic E-state index is 13.9. The number of benzene rings is 2. The summed E-state index contributed by atoms with van der Waals surface area (Å²) in [5.74, 6) is -0.337. The van der Waals surface area contributed by atoms with Gasteiger partial charge in [0.15, 0.2) is 17.3 Å². The highest BCUT2D eigenvalue weighted by Crippen LogP contribution is 2.66. The minimum atomic E-state index is -4.83. The lowest BCUT2D eigenvalue weighted by molar-refractivity contribution is -0.274. The molecule has 8 nitrogen and oxygen atoms in total. The molecule has 42 heavy (non-hydrogen) atoms. The molecule has 0 aromatic heterocycles. The van der Waals surface area contributed by atoms with E-state index in [0.29, 0.717) is 42.0 Å². The van der Waals surface area contributed by atoms with Crippen molar-refractivity contribution in [1.82, 2.24) is 9.80 Å². The van der Waals surface area contributed by atoms with Gasteiger partial charge in [0, 0.05) is 37.3 Å². The molecule has 3 fully saturated rings. The van der Waals surface area contributed by atoms with Crippen LogP contribution in [0.3, 0.4) is 0 Å². The van der Waals surface area contributed by atoms with Gasteiger partial charge in [-0.25, -0.2) is 0 Å². The number of aliphatic hydroxyl groups is 1. The smallest absolute Gasteiger partial charge is 0.504 e. The Kier molecular flexibility index (Phi) is 5.98. The average Bonchev–Trinajstić information content (AvgIpc) is 3.67. The SMILES string of the molecule is CN(C(=O)/C=C/c1cccc(OC(F)(F)F)c1)C1CC[C@@]2(O)[C@H]3C(=O)c4ccc(O)c5c4[C@@]2(CCN3CC2CC2)C1O5. The number of hydrogen-bond donors (Lipinski definition) is 2. The Labute approximate surface area is 240 Å². The molecule has 1 spiro atoms. The van der Waals surface area contributed by atoms with E-state index in [1.165, 1.54) is 41.3 Å². The first-order chi connectivity index (χ1) is 19.9. The van der Waals surface area contributed by atoms with Gasteiger partial charge in [-0.3, -0.25) is 14.5 Å². The molecule has 2 N–H and O–H groups in total. The number of likely N-dealkylation sites (tertiary alicyclic amines) is 1. The molecular formula is C31H31F3N2O6. The Bertz CT molecular complexity index is 1510. The molecule has 2 unspecified atom stereocenters. The summed E-state index contributed by atoms with van der Waals surface area (Å²) in [6.45, 7) is 1.34. The van der Waals surface area contributed by atoms with E-state index in [2.05, 4.69) is 9.64 Å². The summed E-state index contributed by atoms with van der Waals surface area (Å²) in [7, 11) is 1.63. The number of Topliss-reactive ketones (excluding diaryl/α,β-unsaturated/α-hetero) is 1. The molecule has 2 heterocycles. The number of aromatic hydroxyl groups is 1. The first-order valence-corrected chi connectivity index (χ1v) is 14.3. The lowest BCUT2D eigenvalue weighted by Gasteiger charge is -2.63. The summed E-state index contributed by atoms with van der Waals surface area (Å²) in [4.78, 5) is 31.0. The zero-order valence-corrected chi connectivity index (χ0v) is 22.9.